The molecule has 6 heteroatoms. The van der Waals surface area contributed by atoms with E-state index in [0.717, 1.165) is 38.0 Å². The molecule has 2 aliphatic heterocycles. The number of hydrogen-bond acceptors (Lipinski definition) is 3. The van der Waals surface area contributed by atoms with Crippen molar-refractivity contribution in [2.24, 2.45) is 11.3 Å². The van der Waals surface area contributed by atoms with Gasteiger partial charge in [0.2, 0.25) is 11.8 Å². The number of anilines is 1. The molecule has 4 rings (SSSR count). The van der Waals surface area contributed by atoms with Crippen molar-refractivity contribution in [3.8, 4) is 0 Å². The number of nitrogens with one attached hydrogen (secondary N) is 2. The maximum absolute atomic E-state index is 12.6. The summed E-state index contributed by atoms with van der Waals surface area (Å²) in [6, 6.07) is 6.85. The summed E-state index contributed by atoms with van der Waals surface area (Å²) in [4.78, 5) is 26.9. The molecule has 0 bridgehead atoms. The van der Waals surface area contributed by atoms with E-state index in [1.807, 2.05) is 12.1 Å². The highest BCUT2D eigenvalue weighted by molar-refractivity contribution is 6.30. The van der Waals surface area contributed by atoms with Gasteiger partial charge in [-0.1, -0.05) is 11.6 Å². The van der Waals surface area contributed by atoms with Gasteiger partial charge in [0, 0.05) is 23.2 Å². The second-order valence-electron chi connectivity index (χ2n) is 7.19. The third-order valence-electron chi connectivity index (χ3n) is 5.77. The molecule has 24 heavy (non-hydrogen) atoms. The first-order valence-corrected chi connectivity index (χ1v) is 9.05. The standard InChI is InChI=1S/C18H22ClN3O2/c19-12-1-3-13(4-2-12)22-10-5-15(17(22)24)21-16(23)14-11-18(14)6-8-20-9-7-18/h1-4,14-15,20H,5-11H2,(H,21,23). The number of piperidine rings is 1. The molecule has 2 unspecified atom stereocenters. The fourth-order valence-corrected chi connectivity index (χ4v) is 4.29. The molecule has 3 fully saturated rings. The van der Waals surface area contributed by atoms with E-state index in [-0.39, 0.29) is 23.1 Å². The van der Waals surface area contributed by atoms with Gasteiger partial charge < -0.3 is 15.5 Å². The van der Waals surface area contributed by atoms with E-state index in [9.17, 15) is 9.59 Å². The molecule has 0 radical (unpaired) electrons. The van der Waals surface area contributed by atoms with Crippen LogP contribution in [0.5, 0.6) is 0 Å². The molecule has 2 atom stereocenters. The summed E-state index contributed by atoms with van der Waals surface area (Å²) < 4.78 is 0. The molecule has 1 spiro atoms. The van der Waals surface area contributed by atoms with E-state index in [1.165, 1.54) is 0 Å². The molecule has 2 N–H and O–H groups in total. The molecule has 5 nitrogen and oxygen atoms in total. The number of halogens is 1. The fourth-order valence-electron chi connectivity index (χ4n) is 4.16. The van der Waals surface area contributed by atoms with Gasteiger partial charge in [0.15, 0.2) is 0 Å². The molecule has 2 heterocycles. The highest BCUT2D eigenvalue weighted by atomic mass is 35.5. The van der Waals surface area contributed by atoms with E-state index < -0.39 is 6.04 Å². The van der Waals surface area contributed by atoms with Gasteiger partial charge in [-0.25, -0.2) is 0 Å². The van der Waals surface area contributed by atoms with Crippen molar-refractivity contribution < 1.29 is 9.59 Å². The lowest BCUT2D eigenvalue weighted by Crippen LogP contribution is -2.43. The Labute approximate surface area is 146 Å². The Kier molecular flexibility index (Phi) is 4.01. The van der Waals surface area contributed by atoms with E-state index in [2.05, 4.69) is 10.6 Å². The smallest absolute Gasteiger partial charge is 0.249 e. The minimum Gasteiger partial charge on any atom is -0.344 e. The summed E-state index contributed by atoms with van der Waals surface area (Å²) in [5.74, 6) is 0.135. The van der Waals surface area contributed by atoms with Crippen LogP contribution < -0.4 is 15.5 Å². The number of nitrogens with zero attached hydrogens (tertiary/aromatic N) is 1. The van der Waals surface area contributed by atoms with Crippen molar-refractivity contribution >= 4 is 29.1 Å². The minimum atomic E-state index is -0.396. The van der Waals surface area contributed by atoms with Crippen molar-refractivity contribution in [1.82, 2.24) is 10.6 Å². The SMILES string of the molecule is O=C(NC1CCN(c2ccc(Cl)cc2)C1=O)C1CC12CCNCC2. The summed E-state index contributed by atoms with van der Waals surface area (Å²) in [5.41, 5.74) is 1.04. The number of carbonyl (C=O) groups is 2. The summed E-state index contributed by atoms with van der Waals surface area (Å²) >= 11 is 5.90. The average molecular weight is 348 g/mol. The molecule has 1 aromatic carbocycles. The van der Waals surface area contributed by atoms with Crippen LogP contribution >= 0.6 is 11.6 Å². The van der Waals surface area contributed by atoms with Crippen molar-refractivity contribution in [1.29, 1.82) is 0 Å². The van der Waals surface area contributed by atoms with E-state index >= 15 is 0 Å². The second-order valence-corrected chi connectivity index (χ2v) is 7.62. The lowest BCUT2D eigenvalue weighted by Gasteiger charge is -2.23. The Morgan fingerprint density at radius 3 is 2.67 bits per heavy atom. The highest BCUT2D eigenvalue weighted by Gasteiger charge is 2.58. The van der Waals surface area contributed by atoms with Crippen molar-refractivity contribution in [3.05, 3.63) is 29.3 Å². The van der Waals surface area contributed by atoms with Crippen LogP contribution in [-0.2, 0) is 9.59 Å². The van der Waals surface area contributed by atoms with E-state index in [1.54, 1.807) is 17.0 Å². The highest BCUT2D eigenvalue weighted by Crippen LogP contribution is 2.58. The average Bonchev–Trinajstić information content (AvgIpc) is 3.16. The summed E-state index contributed by atoms with van der Waals surface area (Å²) in [5, 5.41) is 6.99. The van der Waals surface area contributed by atoms with Crippen LogP contribution in [0.1, 0.15) is 25.7 Å². The van der Waals surface area contributed by atoms with E-state index in [4.69, 9.17) is 11.6 Å². The Hall–Kier alpha value is -1.59. The summed E-state index contributed by atoms with van der Waals surface area (Å²) in [6.07, 6.45) is 3.78. The topological polar surface area (TPSA) is 61.4 Å². The summed E-state index contributed by atoms with van der Waals surface area (Å²) in [7, 11) is 0. The molecule has 2 saturated heterocycles. The molecule has 1 aromatic rings. The van der Waals surface area contributed by atoms with Crippen LogP contribution in [0.3, 0.4) is 0 Å². The molecule has 1 saturated carbocycles. The third-order valence-corrected chi connectivity index (χ3v) is 6.02. The van der Waals surface area contributed by atoms with Gasteiger partial charge in [-0.05, 0) is 68.5 Å². The lowest BCUT2D eigenvalue weighted by atomic mass is 9.91. The predicted octanol–water partition coefficient (Wildman–Crippen LogP) is 1.95. The fraction of sp³-hybridized carbons (Fsp3) is 0.556. The Morgan fingerprint density at radius 1 is 1.25 bits per heavy atom. The molecule has 2 amide bonds. The van der Waals surface area contributed by atoms with Crippen molar-refractivity contribution in [2.45, 2.75) is 31.7 Å². The Bertz CT molecular complexity index is 655. The van der Waals surface area contributed by atoms with Crippen molar-refractivity contribution in [2.75, 3.05) is 24.5 Å². The first-order chi connectivity index (χ1) is 11.6. The molecule has 3 aliphatic rings. The molecule has 128 valence electrons. The number of amides is 2. The number of benzene rings is 1. The van der Waals surface area contributed by atoms with Crippen LogP contribution in [0, 0.1) is 11.3 Å². The largest absolute Gasteiger partial charge is 0.344 e. The van der Waals surface area contributed by atoms with Gasteiger partial charge in [0.05, 0.1) is 0 Å². The molecular formula is C18H22ClN3O2. The number of rotatable bonds is 3. The number of carbonyl (C=O) groups excluding carboxylic acids is 2. The van der Waals surface area contributed by atoms with Gasteiger partial charge in [-0.15, -0.1) is 0 Å². The van der Waals surface area contributed by atoms with Crippen LogP contribution in [0.15, 0.2) is 24.3 Å². The van der Waals surface area contributed by atoms with Gasteiger partial charge in [0.25, 0.3) is 0 Å². The van der Waals surface area contributed by atoms with Crippen LogP contribution in [-0.4, -0.2) is 37.5 Å². The maximum atomic E-state index is 12.6. The molecule has 0 aromatic heterocycles. The normalized spacial score (nSPS) is 28.2. The van der Waals surface area contributed by atoms with Gasteiger partial charge in [0.1, 0.15) is 6.04 Å². The maximum Gasteiger partial charge on any atom is 0.249 e. The predicted molar refractivity (Wildman–Crippen MR) is 93.0 cm³/mol. The van der Waals surface area contributed by atoms with Gasteiger partial charge in [-0.3, -0.25) is 9.59 Å². The monoisotopic (exact) mass is 347 g/mol. The first kappa shape index (κ1) is 15.9. The summed E-state index contributed by atoms with van der Waals surface area (Å²) in [6.45, 7) is 2.62. The number of hydrogen-bond donors (Lipinski definition) is 2. The van der Waals surface area contributed by atoms with Crippen LogP contribution in [0.25, 0.3) is 0 Å². The second kappa shape index (κ2) is 6.05. The van der Waals surface area contributed by atoms with Crippen LogP contribution in [0.2, 0.25) is 5.02 Å². The molecular weight excluding hydrogens is 326 g/mol. The minimum absolute atomic E-state index is 0.0225. The zero-order valence-electron chi connectivity index (χ0n) is 13.6. The zero-order chi connectivity index (χ0) is 16.7. The van der Waals surface area contributed by atoms with Gasteiger partial charge >= 0.3 is 0 Å². The third kappa shape index (κ3) is 2.80. The zero-order valence-corrected chi connectivity index (χ0v) is 14.3. The molecule has 1 aliphatic carbocycles. The van der Waals surface area contributed by atoms with Crippen LogP contribution in [0.4, 0.5) is 5.69 Å². The Morgan fingerprint density at radius 2 is 1.96 bits per heavy atom. The Balaban J connectivity index is 1.37. The first-order valence-electron chi connectivity index (χ1n) is 8.67. The van der Waals surface area contributed by atoms with E-state index in [0.29, 0.717) is 18.0 Å². The van der Waals surface area contributed by atoms with Crippen molar-refractivity contribution in [3.63, 3.8) is 0 Å². The quantitative estimate of drug-likeness (QED) is 0.878. The van der Waals surface area contributed by atoms with Gasteiger partial charge in [-0.2, -0.15) is 0 Å². The lowest BCUT2D eigenvalue weighted by molar-refractivity contribution is -0.127.